The maximum atomic E-state index is 5.89. The Kier molecular flexibility index (Phi) is 9.24. The Morgan fingerprint density at radius 1 is 0.324 bits per heavy atom. The van der Waals surface area contributed by atoms with E-state index in [2.05, 4.69) is 0 Å². The first-order chi connectivity index (χ1) is 17.9. The lowest BCUT2D eigenvalue weighted by molar-refractivity contribution is 0.377. The molecule has 0 aliphatic carbocycles. The summed E-state index contributed by atoms with van der Waals surface area (Å²) < 4.78 is 51.9. The normalized spacial score (nSPS) is 10.5. The lowest BCUT2D eigenvalue weighted by atomic mass is 10.3. The molecule has 0 unspecified atom stereocenters. The first-order valence-electron chi connectivity index (χ1n) is 11.2. The second kappa shape index (κ2) is 12.4. The van der Waals surface area contributed by atoms with Gasteiger partial charge in [-0.2, -0.15) is 0 Å². The van der Waals surface area contributed by atoms with Gasteiger partial charge in [0, 0.05) is 52.0 Å². The van der Waals surface area contributed by atoms with Crippen LogP contribution in [0.2, 0.25) is 0 Å². The predicted octanol–water partition coefficient (Wildman–Crippen LogP) is 2.28. The van der Waals surface area contributed by atoms with Crippen molar-refractivity contribution in [3.05, 3.63) is 36.4 Å². The predicted molar refractivity (Wildman–Crippen MR) is 143 cm³/mol. The fraction of sp³-hybridized carbons (Fsp3) is 0.333. The molecule has 0 saturated heterocycles. The van der Waals surface area contributed by atoms with E-state index in [1.165, 1.54) is 0 Å². The standard InChI is InChI=1S/C27H33O9Si/c1-28-16-10-19(31-4)25(20(11-16)32-5)37(26-21(33-6)12-17(29-2)13-22(26)34-7)27-23(35-8)14-18(30-3)15-24(27)36-9/h10-15H,1-9H3. The van der Waals surface area contributed by atoms with Crippen LogP contribution in [0.15, 0.2) is 36.4 Å². The van der Waals surface area contributed by atoms with Gasteiger partial charge < -0.3 is 42.6 Å². The molecule has 0 spiro atoms. The zero-order valence-electron chi connectivity index (χ0n) is 22.6. The van der Waals surface area contributed by atoms with Crippen LogP contribution < -0.4 is 58.2 Å². The molecule has 3 rings (SSSR count). The van der Waals surface area contributed by atoms with Gasteiger partial charge in [-0.05, 0) is 0 Å². The number of ether oxygens (including phenoxy) is 9. The van der Waals surface area contributed by atoms with Crippen molar-refractivity contribution >= 4 is 24.4 Å². The topological polar surface area (TPSA) is 83.1 Å². The summed E-state index contributed by atoms with van der Waals surface area (Å²) in [6.45, 7) is 0. The third kappa shape index (κ3) is 5.29. The Hall–Kier alpha value is -3.92. The molecular weight excluding hydrogens is 496 g/mol. The number of rotatable bonds is 12. The second-order valence-corrected chi connectivity index (χ2v) is 9.85. The van der Waals surface area contributed by atoms with Crippen LogP contribution in [0, 0.1) is 0 Å². The van der Waals surface area contributed by atoms with E-state index < -0.39 is 8.80 Å². The third-order valence-electron chi connectivity index (χ3n) is 5.90. The van der Waals surface area contributed by atoms with E-state index in [1.54, 1.807) is 64.0 Å². The van der Waals surface area contributed by atoms with Crippen LogP contribution in [-0.2, 0) is 0 Å². The van der Waals surface area contributed by atoms with Gasteiger partial charge in [-0.25, -0.2) is 0 Å². The summed E-state index contributed by atoms with van der Waals surface area (Å²) in [4.78, 5) is 0. The molecule has 1 radical (unpaired) electrons. The van der Waals surface area contributed by atoms with Crippen LogP contribution in [0.5, 0.6) is 51.7 Å². The monoisotopic (exact) mass is 529 g/mol. The number of benzene rings is 3. The van der Waals surface area contributed by atoms with Crippen molar-refractivity contribution in [1.82, 2.24) is 0 Å². The van der Waals surface area contributed by atoms with Gasteiger partial charge in [0.25, 0.3) is 0 Å². The van der Waals surface area contributed by atoms with Crippen LogP contribution in [0.25, 0.3) is 0 Å². The highest BCUT2D eigenvalue weighted by Crippen LogP contribution is 2.34. The molecular formula is C27H33O9Si. The van der Waals surface area contributed by atoms with Gasteiger partial charge in [0.05, 0.1) is 64.0 Å². The van der Waals surface area contributed by atoms with E-state index in [0.29, 0.717) is 51.7 Å². The smallest absolute Gasteiger partial charge is 0.184 e. The minimum atomic E-state index is -2.12. The third-order valence-corrected chi connectivity index (χ3v) is 8.87. The van der Waals surface area contributed by atoms with Crippen LogP contribution in [0.1, 0.15) is 0 Å². The van der Waals surface area contributed by atoms with Crippen molar-refractivity contribution in [1.29, 1.82) is 0 Å². The van der Waals surface area contributed by atoms with Gasteiger partial charge in [-0.15, -0.1) is 0 Å². The average molecular weight is 530 g/mol. The lowest BCUT2D eigenvalue weighted by Gasteiger charge is -2.28. The molecule has 9 nitrogen and oxygen atoms in total. The van der Waals surface area contributed by atoms with E-state index in [-0.39, 0.29) is 0 Å². The van der Waals surface area contributed by atoms with Gasteiger partial charge in [0.2, 0.25) is 0 Å². The number of methoxy groups -OCH3 is 9. The second-order valence-electron chi connectivity index (χ2n) is 7.60. The summed E-state index contributed by atoms with van der Waals surface area (Å²) in [5.74, 6) is 5.11. The quantitative estimate of drug-likeness (QED) is 0.259. The Labute approximate surface area is 219 Å². The zero-order chi connectivity index (χ0) is 27.1. The minimum Gasteiger partial charge on any atom is -0.497 e. The Balaban J connectivity index is 2.59. The molecule has 0 amide bonds. The van der Waals surface area contributed by atoms with Gasteiger partial charge in [0.15, 0.2) is 8.80 Å². The average Bonchev–Trinajstić information content (AvgIpc) is 2.96. The SMILES string of the molecule is COc1cc(OC)c([Si](c2c(OC)cc(OC)cc2OC)c2c(OC)cc(OC)cc2OC)c(OC)c1. The molecule has 0 heterocycles. The summed E-state index contributed by atoms with van der Waals surface area (Å²) in [6.07, 6.45) is 0. The molecule has 3 aromatic carbocycles. The van der Waals surface area contributed by atoms with Gasteiger partial charge in [-0.3, -0.25) is 0 Å². The molecule has 0 bridgehead atoms. The molecule has 37 heavy (non-hydrogen) atoms. The minimum absolute atomic E-state index is 0.560. The zero-order valence-corrected chi connectivity index (χ0v) is 23.6. The van der Waals surface area contributed by atoms with Crippen molar-refractivity contribution in [2.45, 2.75) is 0 Å². The molecule has 0 aromatic heterocycles. The van der Waals surface area contributed by atoms with E-state index in [4.69, 9.17) is 42.6 Å². The largest absolute Gasteiger partial charge is 0.497 e. The Morgan fingerprint density at radius 2 is 0.514 bits per heavy atom. The number of hydrogen-bond acceptors (Lipinski definition) is 9. The van der Waals surface area contributed by atoms with Crippen molar-refractivity contribution in [2.75, 3.05) is 64.0 Å². The van der Waals surface area contributed by atoms with Gasteiger partial charge in [-0.1, -0.05) is 0 Å². The fourth-order valence-electron chi connectivity index (χ4n) is 4.13. The van der Waals surface area contributed by atoms with Crippen LogP contribution in [0.4, 0.5) is 0 Å². The fourth-order valence-corrected chi connectivity index (χ4v) is 7.40. The maximum Gasteiger partial charge on any atom is 0.184 e. The first kappa shape index (κ1) is 27.7. The maximum absolute atomic E-state index is 5.89. The molecule has 0 fully saturated rings. The molecule has 0 saturated carbocycles. The van der Waals surface area contributed by atoms with Crippen molar-refractivity contribution in [3.63, 3.8) is 0 Å². The summed E-state index contributed by atoms with van der Waals surface area (Å²) in [6, 6.07) is 10.9. The van der Waals surface area contributed by atoms with Crippen LogP contribution >= 0.6 is 0 Å². The highest BCUT2D eigenvalue weighted by Gasteiger charge is 2.38. The van der Waals surface area contributed by atoms with Crippen LogP contribution in [0.3, 0.4) is 0 Å². The molecule has 0 atom stereocenters. The molecule has 0 aliphatic heterocycles. The van der Waals surface area contributed by atoms with Gasteiger partial charge >= 0.3 is 0 Å². The summed E-state index contributed by atoms with van der Waals surface area (Å²) >= 11 is 0. The summed E-state index contributed by atoms with van der Waals surface area (Å²) in [7, 11) is 12.2. The van der Waals surface area contributed by atoms with E-state index in [0.717, 1.165) is 15.6 Å². The summed E-state index contributed by atoms with van der Waals surface area (Å²) in [5, 5.41) is 2.33. The van der Waals surface area contributed by atoms with Crippen LogP contribution in [-0.4, -0.2) is 72.8 Å². The molecule has 10 heteroatoms. The van der Waals surface area contributed by atoms with E-state index in [9.17, 15) is 0 Å². The molecule has 199 valence electrons. The molecule has 0 N–H and O–H groups in total. The Morgan fingerprint density at radius 3 is 0.649 bits per heavy atom. The van der Waals surface area contributed by atoms with E-state index >= 15 is 0 Å². The first-order valence-corrected chi connectivity index (χ1v) is 12.7. The van der Waals surface area contributed by atoms with E-state index in [1.807, 2.05) is 36.4 Å². The molecule has 0 aliphatic rings. The van der Waals surface area contributed by atoms with Crippen molar-refractivity contribution in [3.8, 4) is 51.7 Å². The van der Waals surface area contributed by atoms with Crippen molar-refractivity contribution in [2.24, 2.45) is 0 Å². The van der Waals surface area contributed by atoms with Gasteiger partial charge in [0.1, 0.15) is 51.7 Å². The Bertz CT molecular complexity index is 1000. The highest BCUT2D eigenvalue weighted by atomic mass is 28.3. The number of hydrogen-bond donors (Lipinski definition) is 0. The molecule has 3 aromatic rings. The highest BCUT2D eigenvalue weighted by molar-refractivity contribution is 6.98. The van der Waals surface area contributed by atoms with Crippen molar-refractivity contribution < 1.29 is 42.6 Å². The summed E-state index contributed by atoms with van der Waals surface area (Å²) in [5.41, 5.74) is 0. The lowest BCUT2D eigenvalue weighted by Crippen LogP contribution is -2.54.